The Morgan fingerprint density at radius 3 is 2.68 bits per heavy atom. The molecular weight excluding hydrogens is 452 g/mol. The zero-order chi connectivity index (χ0) is 23.7. The molecule has 8 heteroatoms. The van der Waals surface area contributed by atoms with Gasteiger partial charge in [0.2, 0.25) is 0 Å². The summed E-state index contributed by atoms with van der Waals surface area (Å²) in [6.45, 7) is 1.29. The Hall–Kier alpha value is -3.52. The Kier molecular flexibility index (Phi) is 5.91. The average molecular weight is 479 g/mol. The van der Waals surface area contributed by atoms with Crippen LogP contribution in [-0.4, -0.2) is 41.1 Å². The Morgan fingerprint density at radius 2 is 1.85 bits per heavy atom. The molecule has 1 unspecified atom stereocenters. The molecule has 0 aromatic heterocycles. The van der Waals surface area contributed by atoms with Crippen LogP contribution in [0.15, 0.2) is 71.6 Å². The molecule has 0 saturated heterocycles. The highest BCUT2D eigenvalue weighted by atomic mass is 32.2. The minimum absolute atomic E-state index is 0.0603. The summed E-state index contributed by atoms with van der Waals surface area (Å²) >= 11 is 0. The van der Waals surface area contributed by atoms with E-state index in [1.165, 1.54) is 29.6 Å². The highest BCUT2D eigenvalue weighted by Gasteiger charge is 2.31. The first-order valence-electron chi connectivity index (χ1n) is 11.2. The van der Waals surface area contributed by atoms with Gasteiger partial charge in [-0.25, -0.2) is 8.42 Å². The van der Waals surface area contributed by atoms with E-state index in [-0.39, 0.29) is 22.3 Å². The van der Waals surface area contributed by atoms with Crippen LogP contribution in [0.3, 0.4) is 0 Å². The van der Waals surface area contributed by atoms with Crippen molar-refractivity contribution in [2.45, 2.75) is 17.7 Å². The second-order valence-corrected chi connectivity index (χ2v) is 10.4. The van der Waals surface area contributed by atoms with E-state index in [1.807, 2.05) is 42.5 Å². The minimum Gasteiger partial charge on any atom is -0.496 e. The van der Waals surface area contributed by atoms with Gasteiger partial charge in [-0.2, -0.15) is 0 Å². The van der Waals surface area contributed by atoms with Gasteiger partial charge in [-0.15, -0.1) is 0 Å². The number of ether oxygens (including phenoxy) is 2. The predicted octanol–water partition coefficient (Wildman–Crippen LogP) is 3.43. The van der Waals surface area contributed by atoms with E-state index in [1.54, 1.807) is 6.07 Å². The Balaban J connectivity index is 1.35. The maximum absolute atomic E-state index is 13.4. The number of nitrogens with zero attached hydrogens (tertiary/aromatic N) is 1. The van der Waals surface area contributed by atoms with Gasteiger partial charge in [0.25, 0.3) is 15.9 Å². The predicted molar refractivity (Wildman–Crippen MR) is 129 cm³/mol. The lowest BCUT2D eigenvalue weighted by molar-refractivity contribution is 0.0935. The van der Waals surface area contributed by atoms with Gasteiger partial charge in [-0.3, -0.25) is 9.10 Å². The number of hydrogen-bond acceptors (Lipinski definition) is 5. The van der Waals surface area contributed by atoms with Crippen LogP contribution in [0.2, 0.25) is 0 Å². The molecule has 176 valence electrons. The summed E-state index contributed by atoms with van der Waals surface area (Å²) in [5.74, 6) is 0.948. The molecule has 3 aromatic rings. The number of rotatable bonds is 6. The minimum atomic E-state index is -3.82. The van der Waals surface area contributed by atoms with E-state index < -0.39 is 10.0 Å². The molecule has 0 saturated carbocycles. The summed E-state index contributed by atoms with van der Waals surface area (Å²) in [6, 6.07) is 19.8. The van der Waals surface area contributed by atoms with Crippen LogP contribution < -0.4 is 19.1 Å². The molecule has 0 radical (unpaired) electrons. The lowest BCUT2D eigenvalue weighted by Gasteiger charge is -2.25. The summed E-state index contributed by atoms with van der Waals surface area (Å²) in [4.78, 5) is 13.1. The summed E-state index contributed by atoms with van der Waals surface area (Å²) in [7, 11) is -2.36. The van der Waals surface area contributed by atoms with E-state index in [0.717, 1.165) is 23.3 Å². The second kappa shape index (κ2) is 9.02. The first-order chi connectivity index (χ1) is 16.5. The second-order valence-electron chi connectivity index (χ2n) is 8.52. The summed E-state index contributed by atoms with van der Waals surface area (Å²) in [6.07, 6.45) is 1.46. The first-order valence-corrected chi connectivity index (χ1v) is 12.7. The fourth-order valence-corrected chi connectivity index (χ4v) is 6.09. The van der Waals surface area contributed by atoms with Gasteiger partial charge in [0.05, 0.1) is 29.9 Å². The van der Waals surface area contributed by atoms with E-state index in [4.69, 9.17) is 9.47 Å². The quantitative estimate of drug-likeness (QED) is 0.587. The normalized spacial score (nSPS) is 16.9. The molecule has 1 amide bonds. The van der Waals surface area contributed by atoms with Gasteiger partial charge >= 0.3 is 0 Å². The Bertz CT molecular complexity index is 1340. The lowest BCUT2D eigenvalue weighted by Crippen LogP contribution is -2.35. The van der Waals surface area contributed by atoms with Crippen molar-refractivity contribution in [3.63, 3.8) is 0 Å². The third-order valence-electron chi connectivity index (χ3n) is 6.36. The molecular formula is C26H26N2O5S. The molecule has 2 aliphatic rings. The number of amides is 1. The third kappa shape index (κ3) is 4.09. The van der Waals surface area contributed by atoms with Crippen LogP contribution in [0.25, 0.3) is 0 Å². The van der Waals surface area contributed by atoms with Crippen molar-refractivity contribution in [3.05, 3.63) is 83.4 Å². The molecule has 2 aliphatic heterocycles. The van der Waals surface area contributed by atoms with Gasteiger partial charge < -0.3 is 14.8 Å². The van der Waals surface area contributed by atoms with E-state index in [2.05, 4.69) is 5.32 Å². The fourth-order valence-electron chi connectivity index (χ4n) is 4.56. The van der Waals surface area contributed by atoms with Gasteiger partial charge in [-0.1, -0.05) is 36.4 Å². The number of nitrogens with one attached hydrogen (secondary N) is 1. The van der Waals surface area contributed by atoms with E-state index in [0.29, 0.717) is 37.6 Å². The number of methoxy groups -OCH3 is 1. The molecule has 0 fully saturated rings. The number of anilines is 1. The van der Waals surface area contributed by atoms with Crippen molar-refractivity contribution < 1.29 is 22.7 Å². The highest BCUT2D eigenvalue weighted by molar-refractivity contribution is 7.92. The summed E-state index contributed by atoms with van der Waals surface area (Å²) in [5.41, 5.74) is 2.98. The number of carbonyl (C=O) groups excluding carboxylic acids is 1. The molecule has 0 bridgehead atoms. The number of para-hydroxylation sites is 2. The third-order valence-corrected chi connectivity index (χ3v) is 8.16. The molecule has 5 rings (SSSR count). The van der Waals surface area contributed by atoms with Crippen LogP contribution in [0.1, 0.15) is 21.5 Å². The van der Waals surface area contributed by atoms with Crippen LogP contribution in [0.4, 0.5) is 5.69 Å². The van der Waals surface area contributed by atoms with Crippen molar-refractivity contribution in [2.75, 3.05) is 31.1 Å². The van der Waals surface area contributed by atoms with Crippen molar-refractivity contribution in [3.8, 4) is 11.5 Å². The van der Waals surface area contributed by atoms with E-state index >= 15 is 0 Å². The zero-order valence-corrected chi connectivity index (χ0v) is 19.7. The first kappa shape index (κ1) is 22.3. The van der Waals surface area contributed by atoms with Crippen LogP contribution in [0, 0.1) is 5.92 Å². The van der Waals surface area contributed by atoms with Gasteiger partial charge in [-0.05, 0) is 54.3 Å². The van der Waals surface area contributed by atoms with Crippen molar-refractivity contribution in [1.82, 2.24) is 5.32 Å². The standard InChI is InChI=1S/C26H26N2O5S/c1-32-25-11-10-21(34(30,31)28-13-12-19-6-2-4-8-23(19)28)15-22(25)26(29)27-16-18-14-20-7-3-5-9-24(20)33-17-18/h2-11,15,18H,12-14,16-17H2,1H3,(H,27,29). The molecule has 0 spiro atoms. The fraction of sp³-hybridized carbons (Fsp3) is 0.269. The molecule has 0 aliphatic carbocycles. The van der Waals surface area contributed by atoms with Gasteiger partial charge in [0.15, 0.2) is 0 Å². The van der Waals surface area contributed by atoms with Gasteiger partial charge in [0, 0.05) is 19.0 Å². The Morgan fingerprint density at radius 1 is 1.09 bits per heavy atom. The number of hydrogen-bond donors (Lipinski definition) is 1. The molecule has 1 N–H and O–H groups in total. The molecule has 7 nitrogen and oxygen atoms in total. The topological polar surface area (TPSA) is 84.9 Å². The maximum atomic E-state index is 13.4. The molecule has 1 atom stereocenters. The van der Waals surface area contributed by atoms with E-state index in [9.17, 15) is 13.2 Å². The maximum Gasteiger partial charge on any atom is 0.264 e. The lowest BCUT2D eigenvalue weighted by atomic mass is 9.96. The van der Waals surface area contributed by atoms with Crippen LogP contribution >= 0.6 is 0 Å². The summed E-state index contributed by atoms with van der Waals surface area (Å²) in [5, 5.41) is 2.93. The number of carbonyl (C=O) groups is 1. The highest BCUT2D eigenvalue weighted by Crippen LogP contribution is 2.34. The SMILES string of the molecule is COc1ccc(S(=O)(=O)N2CCc3ccccc32)cc1C(=O)NCC1COc2ccccc2C1. The average Bonchev–Trinajstić information content (AvgIpc) is 3.32. The monoisotopic (exact) mass is 478 g/mol. The van der Waals surface area contributed by atoms with Crippen molar-refractivity contribution in [1.29, 1.82) is 0 Å². The largest absolute Gasteiger partial charge is 0.496 e. The van der Waals surface area contributed by atoms with Crippen molar-refractivity contribution in [2.24, 2.45) is 5.92 Å². The van der Waals surface area contributed by atoms with Crippen LogP contribution in [-0.2, 0) is 22.9 Å². The summed E-state index contributed by atoms with van der Waals surface area (Å²) < 4.78 is 39.4. The molecule has 34 heavy (non-hydrogen) atoms. The smallest absolute Gasteiger partial charge is 0.264 e. The Labute approximate surface area is 199 Å². The number of benzene rings is 3. The number of sulfonamides is 1. The van der Waals surface area contributed by atoms with Crippen molar-refractivity contribution >= 4 is 21.6 Å². The molecule has 3 aromatic carbocycles. The zero-order valence-electron chi connectivity index (χ0n) is 18.9. The molecule has 2 heterocycles. The number of fused-ring (bicyclic) bond motifs is 2. The van der Waals surface area contributed by atoms with Gasteiger partial charge in [0.1, 0.15) is 11.5 Å². The van der Waals surface area contributed by atoms with Crippen LogP contribution in [0.5, 0.6) is 11.5 Å².